The molecule has 0 bridgehead atoms. The van der Waals surface area contributed by atoms with Crippen molar-refractivity contribution in [1.29, 1.82) is 0 Å². The molecule has 3 rings (SSSR count). The Morgan fingerprint density at radius 2 is 1.67 bits per heavy atom. The van der Waals surface area contributed by atoms with E-state index >= 15 is 0 Å². The molecule has 0 amide bonds. The predicted octanol–water partition coefficient (Wildman–Crippen LogP) is 6.44. The third-order valence-electron chi connectivity index (χ3n) is 5.09. The second-order valence-electron chi connectivity index (χ2n) is 7.01. The van der Waals surface area contributed by atoms with Gasteiger partial charge in [-0.05, 0) is 61.2 Å². The van der Waals surface area contributed by atoms with E-state index in [1.807, 2.05) is 13.3 Å². The molecule has 0 atom stereocenters. The molecule has 2 aromatic carbocycles. The van der Waals surface area contributed by atoms with Crippen molar-refractivity contribution < 1.29 is 0 Å². The topological polar surface area (TPSA) is 29.3 Å². The molecule has 1 N–H and O–H groups in total. The maximum atomic E-state index is 4.12. The minimum absolute atomic E-state index is 0.982. The predicted molar refractivity (Wildman–Crippen MR) is 121 cm³/mol. The van der Waals surface area contributed by atoms with E-state index in [9.17, 15) is 0 Å². The van der Waals surface area contributed by atoms with Crippen LogP contribution in [0.25, 0.3) is 21.8 Å². The highest BCUT2D eigenvalue weighted by Crippen LogP contribution is 2.32. The number of aromatic nitrogens is 1. The summed E-state index contributed by atoms with van der Waals surface area (Å²) in [5.74, 6) is 0. The lowest BCUT2D eigenvalue weighted by molar-refractivity contribution is 0.772. The highest BCUT2D eigenvalue weighted by atomic mass is 15.3. The third-order valence-corrected chi connectivity index (χ3v) is 5.09. The molecule has 1 heterocycles. The first-order chi connectivity index (χ1) is 13.1. The van der Waals surface area contributed by atoms with E-state index in [0.717, 1.165) is 18.5 Å². The van der Waals surface area contributed by atoms with E-state index in [4.69, 9.17) is 0 Å². The van der Waals surface area contributed by atoms with Gasteiger partial charge in [0.2, 0.25) is 0 Å². The van der Waals surface area contributed by atoms with E-state index in [1.165, 1.54) is 52.2 Å². The molecular formula is C24H35N3. The Morgan fingerprint density at radius 1 is 0.963 bits per heavy atom. The average Bonchev–Trinajstić information content (AvgIpc) is 2.98. The summed E-state index contributed by atoms with van der Waals surface area (Å²) >= 11 is 0. The Kier molecular flexibility index (Phi) is 7.90. The second-order valence-corrected chi connectivity index (χ2v) is 7.01. The number of benzene rings is 2. The Labute approximate surface area is 164 Å². The summed E-state index contributed by atoms with van der Waals surface area (Å²) in [6.07, 6.45) is 7.02. The molecule has 0 radical (unpaired) electrons. The van der Waals surface area contributed by atoms with Crippen LogP contribution >= 0.6 is 0 Å². The fourth-order valence-corrected chi connectivity index (χ4v) is 3.61. The number of hydrazone groups is 1. The minimum Gasteiger partial charge on any atom is -0.341 e. The minimum atomic E-state index is 0.982. The molecule has 0 saturated heterocycles. The lowest BCUT2D eigenvalue weighted by Crippen LogP contribution is -1.95. The number of nitrogens with one attached hydrogen (secondary N) is 1. The largest absolute Gasteiger partial charge is 0.341 e. The van der Waals surface area contributed by atoms with Crippen molar-refractivity contribution in [3.63, 3.8) is 0 Å². The van der Waals surface area contributed by atoms with E-state index in [2.05, 4.69) is 80.0 Å². The van der Waals surface area contributed by atoms with Crippen LogP contribution in [0.2, 0.25) is 0 Å². The van der Waals surface area contributed by atoms with Crippen LogP contribution in [0.1, 0.15) is 63.6 Å². The van der Waals surface area contributed by atoms with Crippen molar-refractivity contribution in [1.82, 2.24) is 9.99 Å². The molecule has 0 aliphatic carbocycles. The Hall–Kier alpha value is -2.29. The number of fused-ring (bicyclic) bond motifs is 3. The zero-order valence-electron chi connectivity index (χ0n) is 17.9. The summed E-state index contributed by atoms with van der Waals surface area (Å²) in [7, 11) is 1.81. The van der Waals surface area contributed by atoms with Crippen molar-refractivity contribution in [2.75, 3.05) is 7.05 Å². The lowest BCUT2D eigenvalue weighted by Gasteiger charge is -2.06. The fraction of sp³-hybridized carbons (Fsp3) is 0.458. The van der Waals surface area contributed by atoms with E-state index in [1.54, 1.807) is 0 Å². The molecule has 0 unspecified atom stereocenters. The lowest BCUT2D eigenvalue weighted by atomic mass is 10.0. The number of hydrogen-bond donors (Lipinski definition) is 1. The molecule has 0 spiro atoms. The summed E-state index contributed by atoms with van der Waals surface area (Å²) in [5.41, 5.74) is 9.37. The summed E-state index contributed by atoms with van der Waals surface area (Å²) < 4.78 is 2.41. The highest BCUT2D eigenvalue weighted by Gasteiger charge is 2.12. The number of hydrogen-bond acceptors (Lipinski definition) is 2. The van der Waals surface area contributed by atoms with Crippen molar-refractivity contribution >= 4 is 28.0 Å². The van der Waals surface area contributed by atoms with Gasteiger partial charge in [-0.2, -0.15) is 5.10 Å². The number of nitrogens with zero attached hydrogens (tertiary/aromatic N) is 2. The van der Waals surface area contributed by atoms with Crippen LogP contribution in [0.5, 0.6) is 0 Å². The SMILES string of the molecule is CCCCC.CCc1cc2c(cc1C)c1cc(/C=N/NC)ccc1n2CC. The van der Waals surface area contributed by atoms with Gasteiger partial charge in [-0.15, -0.1) is 0 Å². The van der Waals surface area contributed by atoms with Gasteiger partial charge in [0.15, 0.2) is 0 Å². The summed E-state index contributed by atoms with van der Waals surface area (Å²) in [6.45, 7) is 12.0. The van der Waals surface area contributed by atoms with E-state index in [0.29, 0.717) is 0 Å². The van der Waals surface area contributed by atoms with Crippen LogP contribution in [0.15, 0.2) is 35.4 Å². The number of aryl methyl sites for hydroxylation is 3. The zero-order valence-corrected chi connectivity index (χ0v) is 17.9. The standard InChI is InChI=1S/C19H23N3.C5H12/c1-5-15-11-19-16(9-13(15)3)17-10-14(12-21-20-4)7-8-18(17)22(19)6-2;1-3-5-4-2/h7-12,20H,5-6H2,1-4H3;3-5H2,1-2H3/b21-12+;. The van der Waals surface area contributed by atoms with Crippen LogP contribution in [0.3, 0.4) is 0 Å². The summed E-state index contributed by atoms with van der Waals surface area (Å²) in [4.78, 5) is 0. The first kappa shape index (κ1) is 21.0. The van der Waals surface area contributed by atoms with E-state index < -0.39 is 0 Å². The van der Waals surface area contributed by atoms with Gasteiger partial charge in [-0.1, -0.05) is 46.1 Å². The van der Waals surface area contributed by atoms with E-state index in [-0.39, 0.29) is 0 Å². The number of rotatable bonds is 6. The monoisotopic (exact) mass is 365 g/mol. The molecule has 0 saturated carbocycles. The van der Waals surface area contributed by atoms with Crippen molar-refractivity contribution in [3.8, 4) is 0 Å². The molecule has 0 aliphatic heterocycles. The molecule has 1 aromatic heterocycles. The quantitative estimate of drug-likeness (QED) is 0.395. The molecule has 146 valence electrons. The van der Waals surface area contributed by atoms with Gasteiger partial charge in [0.05, 0.1) is 6.21 Å². The van der Waals surface area contributed by atoms with Gasteiger partial charge in [0, 0.05) is 35.4 Å². The van der Waals surface area contributed by atoms with Gasteiger partial charge in [0.25, 0.3) is 0 Å². The average molecular weight is 366 g/mol. The Morgan fingerprint density at radius 3 is 2.22 bits per heavy atom. The maximum absolute atomic E-state index is 4.12. The molecule has 3 nitrogen and oxygen atoms in total. The van der Waals surface area contributed by atoms with Crippen LogP contribution in [-0.2, 0) is 13.0 Å². The smallest absolute Gasteiger partial charge is 0.0540 e. The molecule has 27 heavy (non-hydrogen) atoms. The van der Waals surface area contributed by atoms with Crippen LogP contribution in [-0.4, -0.2) is 17.8 Å². The van der Waals surface area contributed by atoms with Crippen molar-refractivity contribution in [2.24, 2.45) is 5.10 Å². The Balaban J connectivity index is 0.000000465. The molecule has 3 aromatic rings. The highest BCUT2D eigenvalue weighted by molar-refractivity contribution is 6.10. The van der Waals surface area contributed by atoms with Gasteiger partial charge in [-0.3, -0.25) is 0 Å². The van der Waals surface area contributed by atoms with Gasteiger partial charge >= 0.3 is 0 Å². The normalized spacial score (nSPS) is 11.2. The third kappa shape index (κ3) is 4.71. The zero-order chi connectivity index (χ0) is 19.8. The van der Waals surface area contributed by atoms with Crippen molar-refractivity contribution in [2.45, 2.75) is 66.8 Å². The van der Waals surface area contributed by atoms with Gasteiger partial charge < -0.3 is 9.99 Å². The Bertz CT molecular complexity index is 901. The first-order valence-electron chi connectivity index (χ1n) is 10.4. The second kappa shape index (κ2) is 10.1. The first-order valence-corrected chi connectivity index (χ1v) is 10.4. The summed E-state index contributed by atoms with van der Waals surface area (Å²) in [5, 5.41) is 6.77. The van der Waals surface area contributed by atoms with Gasteiger partial charge in [0.1, 0.15) is 0 Å². The van der Waals surface area contributed by atoms with Crippen molar-refractivity contribution in [3.05, 3.63) is 47.0 Å². The maximum Gasteiger partial charge on any atom is 0.0540 e. The van der Waals surface area contributed by atoms with Crippen LogP contribution in [0.4, 0.5) is 0 Å². The molecule has 0 fully saturated rings. The number of unbranched alkanes of at least 4 members (excludes halogenated alkanes) is 2. The molecular weight excluding hydrogens is 330 g/mol. The van der Waals surface area contributed by atoms with Gasteiger partial charge in [-0.25, -0.2) is 0 Å². The summed E-state index contributed by atoms with van der Waals surface area (Å²) in [6, 6.07) is 11.3. The molecule has 0 aliphatic rings. The van der Waals surface area contributed by atoms with Crippen LogP contribution < -0.4 is 5.43 Å². The fourth-order valence-electron chi connectivity index (χ4n) is 3.61. The molecule has 3 heteroatoms. The van der Waals surface area contributed by atoms with Crippen LogP contribution in [0, 0.1) is 6.92 Å².